The van der Waals surface area contributed by atoms with Gasteiger partial charge in [-0.05, 0) is 13.8 Å². The number of rotatable bonds is 0. The Morgan fingerprint density at radius 1 is 0.960 bits per heavy atom. The molecule has 2 atom stereocenters. The zero-order chi connectivity index (χ0) is 19.6. The van der Waals surface area contributed by atoms with Gasteiger partial charge in [0.1, 0.15) is 0 Å². The van der Waals surface area contributed by atoms with E-state index in [9.17, 15) is 0 Å². The van der Waals surface area contributed by atoms with Crippen LogP contribution in [0.15, 0.2) is 0 Å². The second kappa shape index (κ2) is 11.0. The molecule has 0 aromatic carbocycles. The average Bonchev–Trinajstić information content (AvgIpc) is 2.46. The number of nitrogens with two attached hydrogens (primary N) is 2. The molecule has 0 aromatic heterocycles. The van der Waals surface area contributed by atoms with E-state index in [0.717, 1.165) is 13.1 Å². The molecule has 0 bridgehead atoms. The molecule has 2 rings (SSSR count). The Morgan fingerprint density at radius 2 is 1.24 bits per heavy atom. The third kappa shape index (κ3) is 11.5. The zero-order valence-electron chi connectivity index (χ0n) is 14.4. The third-order valence-corrected chi connectivity index (χ3v) is 3.35. The summed E-state index contributed by atoms with van der Waals surface area (Å²) in [4.78, 5) is 3.67. The van der Waals surface area contributed by atoms with E-state index in [1.807, 2.05) is 23.6 Å². The van der Waals surface area contributed by atoms with Crippen molar-refractivity contribution >= 4 is 22.3 Å². The number of hydrogen-bond acceptors (Lipinski definition) is 6. The van der Waals surface area contributed by atoms with E-state index >= 15 is 0 Å². The van der Waals surface area contributed by atoms with Crippen molar-refractivity contribution in [2.75, 3.05) is 39.5 Å². The Balaban J connectivity index is 0.000000368. The molecule has 2 aliphatic rings. The molecule has 148 valence electrons. The van der Waals surface area contributed by atoms with E-state index in [0.29, 0.717) is 26.4 Å². The number of ether oxygens (including phenoxy) is 2. The highest BCUT2D eigenvalue weighted by atomic mass is 32.3. The van der Waals surface area contributed by atoms with Crippen LogP contribution in [0, 0.1) is 10.8 Å². The maximum absolute atomic E-state index is 8.74. The highest BCUT2D eigenvalue weighted by molar-refractivity contribution is 7.79. The molecule has 2 aliphatic heterocycles. The molecule has 8 N–H and O–H groups in total. The Labute approximate surface area is 147 Å². The standard InChI is InChI=1S/2C6H13N3O.H2O4S/c2*1-5-4-10-3-2-9(5)6(7)8;1-5(2,3)4/h2*5H,2-4H2,1H3,(H3,7,8);(H2,1,2,3,4). The smallest absolute Gasteiger partial charge is 0.377 e. The lowest BCUT2D eigenvalue weighted by Gasteiger charge is -2.33. The van der Waals surface area contributed by atoms with Crippen LogP contribution >= 0.6 is 0 Å². The Bertz CT molecular complexity index is 490. The Kier molecular flexibility index (Phi) is 10.3. The molecular formula is C12H28N6O6S. The van der Waals surface area contributed by atoms with Crippen LogP contribution < -0.4 is 11.5 Å². The molecule has 2 unspecified atom stereocenters. The molecule has 0 spiro atoms. The van der Waals surface area contributed by atoms with E-state index in [1.165, 1.54) is 0 Å². The van der Waals surface area contributed by atoms with Gasteiger partial charge in [-0.1, -0.05) is 0 Å². The van der Waals surface area contributed by atoms with Gasteiger partial charge in [0.25, 0.3) is 0 Å². The van der Waals surface area contributed by atoms with Crippen LogP contribution in [0.25, 0.3) is 0 Å². The molecule has 0 amide bonds. The third-order valence-electron chi connectivity index (χ3n) is 3.35. The number of nitrogens with one attached hydrogen (secondary N) is 2. The number of nitrogens with zero attached hydrogens (tertiary/aromatic N) is 2. The van der Waals surface area contributed by atoms with E-state index in [1.54, 1.807) is 0 Å². The Morgan fingerprint density at radius 3 is 1.40 bits per heavy atom. The number of morpholine rings is 2. The van der Waals surface area contributed by atoms with E-state index in [4.69, 9.17) is 49.3 Å². The molecule has 2 fully saturated rings. The summed E-state index contributed by atoms with van der Waals surface area (Å²) in [7, 11) is -4.67. The van der Waals surface area contributed by atoms with Crippen molar-refractivity contribution in [3.8, 4) is 0 Å². The van der Waals surface area contributed by atoms with Crippen molar-refractivity contribution in [3.63, 3.8) is 0 Å². The van der Waals surface area contributed by atoms with Gasteiger partial charge in [0.2, 0.25) is 0 Å². The normalized spacial score (nSPS) is 23.5. The molecule has 13 heteroatoms. The van der Waals surface area contributed by atoms with Gasteiger partial charge in [0.15, 0.2) is 11.9 Å². The fourth-order valence-electron chi connectivity index (χ4n) is 2.17. The van der Waals surface area contributed by atoms with E-state index < -0.39 is 10.4 Å². The summed E-state index contributed by atoms with van der Waals surface area (Å²) in [5.41, 5.74) is 10.6. The van der Waals surface area contributed by atoms with Crippen molar-refractivity contribution in [1.82, 2.24) is 9.80 Å². The molecular weight excluding hydrogens is 356 g/mol. The molecule has 2 saturated heterocycles. The molecule has 12 nitrogen and oxygen atoms in total. The molecule has 0 saturated carbocycles. The van der Waals surface area contributed by atoms with Gasteiger partial charge in [-0.2, -0.15) is 8.42 Å². The molecule has 0 aliphatic carbocycles. The first-order chi connectivity index (χ1) is 11.4. The maximum atomic E-state index is 8.74. The van der Waals surface area contributed by atoms with Crippen molar-refractivity contribution in [1.29, 1.82) is 10.8 Å². The zero-order valence-corrected chi connectivity index (χ0v) is 15.2. The second-order valence-electron chi connectivity index (χ2n) is 5.45. The number of hydrogen-bond donors (Lipinski definition) is 6. The lowest BCUT2D eigenvalue weighted by molar-refractivity contribution is 0.0323. The van der Waals surface area contributed by atoms with Crippen molar-refractivity contribution in [3.05, 3.63) is 0 Å². The van der Waals surface area contributed by atoms with Crippen molar-refractivity contribution in [2.45, 2.75) is 25.9 Å². The van der Waals surface area contributed by atoms with Gasteiger partial charge in [-0.15, -0.1) is 0 Å². The summed E-state index contributed by atoms with van der Waals surface area (Å²) in [6.07, 6.45) is 0. The van der Waals surface area contributed by atoms with Gasteiger partial charge in [0.05, 0.1) is 38.5 Å². The van der Waals surface area contributed by atoms with E-state index in [-0.39, 0.29) is 24.0 Å². The van der Waals surface area contributed by atoms with Crippen LogP contribution in [0.3, 0.4) is 0 Å². The summed E-state index contributed by atoms with van der Waals surface area (Å²) in [6.45, 7) is 8.22. The monoisotopic (exact) mass is 384 g/mol. The quantitative estimate of drug-likeness (QED) is 0.163. The average molecular weight is 384 g/mol. The van der Waals surface area contributed by atoms with Crippen LogP contribution in [0.1, 0.15) is 13.8 Å². The predicted molar refractivity (Wildman–Crippen MR) is 92.0 cm³/mol. The lowest BCUT2D eigenvalue weighted by atomic mass is 10.3. The SMILES string of the molecule is CC1COCCN1C(=N)N.CC1COCCN1C(=N)N.O=S(=O)(O)O. The minimum Gasteiger partial charge on any atom is -0.377 e. The molecule has 0 aromatic rings. The van der Waals surface area contributed by atoms with Crippen LogP contribution in [0.2, 0.25) is 0 Å². The Hall–Kier alpha value is -1.67. The maximum Gasteiger partial charge on any atom is 0.394 e. The minimum absolute atomic E-state index is 0.149. The first-order valence-corrected chi connectivity index (χ1v) is 8.89. The van der Waals surface area contributed by atoms with Gasteiger partial charge >= 0.3 is 10.4 Å². The number of guanidine groups is 2. The van der Waals surface area contributed by atoms with Crippen molar-refractivity contribution in [2.24, 2.45) is 11.5 Å². The topological polar surface area (TPSA) is 199 Å². The fraction of sp³-hybridized carbons (Fsp3) is 0.833. The van der Waals surface area contributed by atoms with Gasteiger partial charge in [-0.3, -0.25) is 19.9 Å². The minimum atomic E-state index is -4.67. The van der Waals surface area contributed by atoms with E-state index in [2.05, 4.69) is 0 Å². The summed E-state index contributed by atoms with van der Waals surface area (Å²) >= 11 is 0. The highest BCUT2D eigenvalue weighted by Crippen LogP contribution is 2.04. The van der Waals surface area contributed by atoms with Gasteiger partial charge < -0.3 is 30.7 Å². The van der Waals surface area contributed by atoms with Crippen LogP contribution in [0.4, 0.5) is 0 Å². The van der Waals surface area contributed by atoms with Crippen LogP contribution in [-0.4, -0.2) is 90.8 Å². The molecule has 0 radical (unpaired) electrons. The largest absolute Gasteiger partial charge is 0.394 e. The van der Waals surface area contributed by atoms with Crippen LogP contribution in [-0.2, 0) is 19.9 Å². The molecule has 2 heterocycles. The van der Waals surface area contributed by atoms with Gasteiger partial charge in [-0.25, -0.2) is 0 Å². The summed E-state index contributed by atoms with van der Waals surface area (Å²) in [5, 5.41) is 14.3. The second-order valence-corrected chi connectivity index (χ2v) is 6.35. The fourth-order valence-corrected chi connectivity index (χ4v) is 2.17. The van der Waals surface area contributed by atoms with Crippen molar-refractivity contribution < 1.29 is 27.0 Å². The first-order valence-electron chi connectivity index (χ1n) is 7.50. The predicted octanol–water partition coefficient (Wildman–Crippen LogP) is -1.45. The summed E-state index contributed by atoms with van der Waals surface area (Å²) in [6, 6.07) is 0.512. The molecule has 25 heavy (non-hydrogen) atoms. The highest BCUT2D eigenvalue weighted by Gasteiger charge is 2.19. The summed E-state index contributed by atoms with van der Waals surface area (Å²) in [5.74, 6) is 0.298. The van der Waals surface area contributed by atoms with Crippen LogP contribution in [0.5, 0.6) is 0 Å². The first kappa shape index (κ1) is 23.3. The lowest BCUT2D eigenvalue weighted by Crippen LogP contribution is -2.49. The summed E-state index contributed by atoms with van der Waals surface area (Å²) < 4.78 is 41.9. The van der Waals surface area contributed by atoms with Gasteiger partial charge in [0, 0.05) is 13.1 Å².